The van der Waals surface area contributed by atoms with Crippen molar-refractivity contribution in [1.29, 1.82) is 0 Å². The second kappa shape index (κ2) is 4.88. The Labute approximate surface area is 115 Å². The Morgan fingerprint density at radius 3 is 2.76 bits per heavy atom. The fraction of sp³-hybridized carbons (Fsp3) is 0.0833. The van der Waals surface area contributed by atoms with Crippen molar-refractivity contribution in [3.05, 3.63) is 54.9 Å². The molecule has 0 amide bonds. The van der Waals surface area contributed by atoms with E-state index >= 15 is 0 Å². The Kier molecular flexibility index (Phi) is 3.66. The van der Waals surface area contributed by atoms with Crippen LogP contribution >= 0.6 is 38.9 Å². The van der Waals surface area contributed by atoms with Crippen LogP contribution < -0.4 is 0 Å². The first-order chi connectivity index (χ1) is 8.00. The van der Waals surface area contributed by atoms with Crippen molar-refractivity contribution in [1.82, 2.24) is 0 Å². The third-order valence-corrected chi connectivity index (χ3v) is 4.44. The van der Waals surface area contributed by atoms with Crippen LogP contribution in [0.15, 0.2) is 28.7 Å². The number of rotatable bonds is 2. The molecule has 0 saturated heterocycles. The molecule has 17 heavy (non-hydrogen) atoms. The van der Waals surface area contributed by atoms with Crippen molar-refractivity contribution in [3.8, 4) is 0 Å². The molecular formula is C12H7BrClFOS. The number of halogens is 3. The lowest BCUT2D eigenvalue weighted by Gasteiger charge is -2.02. The first kappa shape index (κ1) is 12.7. The van der Waals surface area contributed by atoms with Gasteiger partial charge in [0.25, 0.3) is 0 Å². The van der Waals surface area contributed by atoms with Crippen molar-refractivity contribution in [2.45, 2.75) is 6.92 Å². The van der Waals surface area contributed by atoms with Crippen molar-refractivity contribution in [2.75, 3.05) is 0 Å². The van der Waals surface area contributed by atoms with Gasteiger partial charge in [0, 0.05) is 9.35 Å². The Bertz CT molecular complexity index is 594. The molecule has 0 atom stereocenters. The zero-order valence-corrected chi connectivity index (χ0v) is 11.9. The van der Waals surface area contributed by atoms with Crippen LogP contribution in [0.2, 0.25) is 5.02 Å². The van der Waals surface area contributed by atoms with Gasteiger partial charge in [0.05, 0.1) is 15.5 Å². The van der Waals surface area contributed by atoms with Gasteiger partial charge >= 0.3 is 0 Å². The minimum atomic E-state index is -0.669. The number of aryl methyl sites for hydroxylation is 1. The highest BCUT2D eigenvalue weighted by Gasteiger charge is 2.20. The molecule has 2 aromatic rings. The van der Waals surface area contributed by atoms with Gasteiger partial charge in [-0.05, 0) is 41.1 Å². The summed E-state index contributed by atoms with van der Waals surface area (Å²) in [7, 11) is 0. The number of carbonyl (C=O) groups excluding carboxylic acids is 1. The molecule has 0 saturated carbocycles. The number of hydrogen-bond donors (Lipinski definition) is 0. The van der Waals surface area contributed by atoms with Crippen LogP contribution in [-0.2, 0) is 0 Å². The van der Waals surface area contributed by atoms with E-state index in [2.05, 4.69) is 15.9 Å². The van der Waals surface area contributed by atoms with E-state index in [0.29, 0.717) is 9.35 Å². The average molecular weight is 334 g/mol. The quantitative estimate of drug-likeness (QED) is 0.719. The summed E-state index contributed by atoms with van der Waals surface area (Å²) in [6.45, 7) is 1.89. The monoisotopic (exact) mass is 332 g/mol. The Balaban J connectivity index is 2.51. The second-order valence-corrected chi connectivity index (χ2v) is 5.98. The summed E-state index contributed by atoms with van der Waals surface area (Å²) in [6.07, 6.45) is 0. The van der Waals surface area contributed by atoms with Crippen molar-refractivity contribution in [3.63, 3.8) is 0 Å². The fourth-order valence-corrected chi connectivity index (χ4v) is 3.39. The number of ketones is 1. The molecule has 0 N–H and O–H groups in total. The summed E-state index contributed by atoms with van der Waals surface area (Å²) in [5.74, 6) is -1.02. The third kappa shape index (κ3) is 2.44. The number of hydrogen-bond acceptors (Lipinski definition) is 2. The van der Waals surface area contributed by atoms with Gasteiger partial charge in [-0.3, -0.25) is 4.79 Å². The van der Waals surface area contributed by atoms with Gasteiger partial charge in [-0.25, -0.2) is 4.39 Å². The van der Waals surface area contributed by atoms with Crippen LogP contribution in [0, 0.1) is 12.7 Å². The van der Waals surface area contributed by atoms with Gasteiger partial charge in [0.2, 0.25) is 5.78 Å². The zero-order valence-electron chi connectivity index (χ0n) is 8.76. The summed E-state index contributed by atoms with van der Waals surface area (Å²) >= 11 is 10.3. The van der Waals surface area contributed by atoms with E-state index < -0.39 is 5.82 Å². The molecule has 88 valence electrons. The standard InChI is InChI=1S/C12H7BrClFOS/c1-6-5-8(13)12(17-6)11(16)7-3-2-4-9(14)10(7)15/h2-5H,1H3. The highest BCUT2D eigenvalue weighted by Crippen LogP contribution is 2.30. The molecule has 0 radical (unpaired) electrons. The van der Waals surface area contributed by atoms with E-state index in [1.54, 1.807) is 6.07 Å². The second-order valence-electron chi connectivity index (χ2n) is 3.46. The number of thiophene rings is 1. The normalized spacial score (nSPS) is 10.6. The van der Waals surface area contributed by atoms with Crippen molar-refractivity contribution < 1.29 is 9.18 Å². The van der Waals surface area contributed by atoms with Crippen molar-refractivity contribution in [2.24, 2.45) is 0 Å². The molecule has 1 heterocycles. The molecule has 1 nitrogen and oxygen atoms in total. The van der Waals surface area contributed by atoms with Gasteiger partial charge in [-0.2, -0.15) is 0 Å². The van der Waals surface area contributed by atoms with Crippen LogP contribution in [0.1, 0.15) is 20.1 Å². The van der Waals surface area contributed by atoms with Gasteiger partial charge in [0.15, 0.2) is 5.82 Å². The van der Waals surface area contributed by atoms with Gasteiger partial charge in [-0.15, -0.1) is 11.3 Å². The van der Waals surface area contributed by atoms with Crippen LogP contribution in [-0.4, -0.2) is 5.78 Å². The fourth-order valence-electron chi connectivity index (χ4n) is 1.44. The minimum Gasteiger partial charge on any atom is -0.288 e. The van der Waals surface area contributed by atoms with Gasteiger partial charge in [0.1, 0.15) is 0 Å². The molecule has 2 rings (SSSR count). The lowest BCUT2D eigenvalue weighted by atomic mass is 10.1. The Hall–Kier alpha value is -0.710. The molecule has 0 aliphatic rings. The van der Waals surface area contributed by atoms with Crippen LogP contribution in [0.5, 0.6) is 0 Å². The third-order valence-electron chi connectivity index (χ3n) is 2.21. The summed E-state index contributed by atoms with van der Waals surface area (Å²) in [5.41, 5.74) is 0.0000463. The summed E-state index contributed by atoms with van der Waals surface area (Å²) in [6, 6.07) is 6.25. The number of benzene rings is 1. The maximum atomic E-state index is 13.7. The van der Waals surface area contributed by atoms with Crippen LogP contribution in [0.4, 0.5) is 4.39 Å². The molecule has 5 heteroatoms. The van der Waals surface area contributed by atoms with Crippen molar-refractivity contribution >= 4 is 44.7 Å². The van der Waals surface area contributed by atoms with Crippen LogP contribution in [0.3, 0.4) is 0 Å². The summed E-state index contributed by atoms with van der Waals surface area (Å²) in [5, 5.41) is -0.0414. The topological polar surface area (TPSA) is 17.1 Å². The van der Waals surface area contributed by atoms with Gasteiger partial charge < -0.3 is 0 Å². The molecule has 0 unspecified atom stereocenters. The average Bonchev–Trinajstić information content (AvgIpc) is 2.61. The maximum Gasteiger partial charge on any atom is 0.207 e. The predicted molar refractivity (Wildman–Crippen MR) is 71.6 cm³/mol. The first-order valence-electron chi connectivity index (χ1n) is 4.75. The molecule has 0 bridgehead atoms. The van der Waals surface area contributed by atoms with E-state index in [0.717, 1.165) is 4.88 Å². The van der Waals surface area contributed by atoms with Crippen LogP contribution in [0.25, 0.3) is 0 Å². The molecule has 0 aliphatic heterocycles. The Morgan fingerprint density at radius 1 is 1.47 bits per heavy atom. The number of carbonyl (C=O) groups is 1. The van der Waals surface area contributed by atoms with E-state index in [9.17, 15) is 9.18 Å². The lowest BCUT2D eigenvalue weighted by molar-refractivity contribution is 0.103. The first-order valence-corrected chi connectivity index (χ1v) is 6.74. The molecular weight excluding hydrogens is 327 g/mol. The largest absolute Gasteiger partial charge is 0.288 e. The van der Waals surface area contributed by atoms with Gasteiger partial charge in [-0.1, -0.05) is 17.7 Å². The smallest absolute Gasteiger partial charge is 0.207 e. The molecule has 0 fully saturated rings. The van der Waals surface area contributed by atoms with E-state index in [4.69, 9.17) is 11.6 Å². The van der Waals surface area contributed by atoms with E-state index in [1.165, 1.54) is 23.5 Å². The SMILES string of the molecule is Cc1cc(Br)c(C(=O)c2cccc(Cl)c2F)s1. The Morgan fingerprint density at radius 2 is 2.18 bits per heavy atom. The molecule has 0 aliphatic carbocycles. The predicted octanol–water partition coefficient (Wildman–Crippen LogP) is 4.84. The lowest BCUT2D eigenvalue weighted by Crippen LogP contribution is -2.03. The zero-order chi connectivity index (χ0) is 12.6. The highest BCUT2D eigenvalue weighted by molar-refractivity contribution is 9.10. The van der Waals surface area contributed by atoms with E-state index in [-0.39, 0.29) is 16.4 Å². The summed E-state index contributed by atoms with van der Waals surface area (Å²) in [4.78, 5) is 13.6. The minimum absolute atomic E-state index is 0.0000463. The maximum absolute atomic E-state index is 13.7. The molecule has 1 aromatic heterocycles. The molecule has 1 aromatic carbocycles. The summed E-state index contributed by atoms with van der Waals surface area (Å²) < 4.78 is 14.4. The highest BCUT2D eigenvalue weighted by atomic mass is 79.9. The van der Waals surface area contributed by atoms with E-state index in [1.807, 2.05) is 13.0 Å². The molecule has 0 spiro atoms.